The minimum atomic E-state index is -0.959. The van der Waals surface area contributed by atoms with E-state index in [2.05, 4.69) is 5.32 Å². The summed E-state index contributed by atoms with van der Waals surface area (Å²) in [6.07, 6.45) is 0. The molecule has 2 N–H and O–H groups in total. The Kier molecular flexibility index (Phi) is 8.13. The maximum atomic E-state index is 11.1. The van der Waals surface area contributed by atoms with Crippen molar-refractivity contribution in [3.63, 3.8) is 0 Å². The molecule has 0 bridgehead atoms. The SMILES string of the molecule is CCOc1cc(CNc2ccc(C(=O)O)cc2C)c(Cl)cc1OCc1ccc(Cl)cc1Cl. The summed E-state index contributed by atoms with van der Waals surface area (Å²) < 4.78 is 11.7. The van der Waals surface area contributed by atoms with Crippen LogP contribution in [0.4, 0.5) is 5.69 Å². The van der Waals surface area contributed by atoms with Gasteiger partial charge in [-0.05, 0) is 61.4 Å². The molecule has 0 saturated carbocycles. The predicted molar refractivity (Wildman–Crippen MR) is 129 cm³/mol. The Hall–Kier alpha value is -2.60. The van der Waals surface area contributed by atoms with E-state index < -0.39 is 5.97 Å². The van der Waals surface area contributed by atoms with Gasteiger partial charge in [-0.15, -0.1) is 0 Å². The van der Waals surface area contributed by atoms with Gasteiger partial charge < -0.3 is 19.9 Å². The zero-order chi connectivity index (χ0) is 23.3. The molecule has 0 aliphatic rings. The van der Waals surface area contributed by atoms with Crippen molar-refractivity contribution in [1.82, 2.24) is 0 Å². The number of aryl methyl sites for hydroxylation is 1. The fourth-order valence-corrected chi connectivity index (χ4v) is 3.76. The summed E-state index contributed by atoms with van der Waals surface area (Å²) in [4.78, 5) is 11.1. The quantitative estimate of drug-likeness (QED) is 0.328. The number of aromatic carboxylic acids is 1. The van der Waals surface area contributed by atoms with Crippen LogP contribution in [0.15, 0.2) is 48.5 Å². The number of benzene rings is 3. The van der Waals surface area contributed by atoms with Crippen LogP contribution in [0.25, 0.3) is 0 Å². The normalized spacial score (nSPS) is 10.7. The number of anilines is 1. The van der Waals surface area contributed by atoms with E-state index >= 15 is 0 Å². The lowest BCUT2D eigenvalue weighted by Gasteiger charge is -2.16. The number of hydrogen-bond acceptors (Lipinski definition) is 4. The first-order valence-corrected chi connectivity index (χ1v) is 11.0. The molecule has 3 aromatic rings. The molecule has 32 heavy (non-hydrogen) atoms. The lowest BCUT2D eigenvalue weighted by atomic mass is 10.1. The first-order chi connectivity index (χ1) is 15.3. The molecule has 3 rings (SSSR count). The van der Waals surface area contributed by atoms with E-state index in [9.17, 15) is 4.79 Å². The van der Waals surface area contributed by atoms with Crippen molar-refractivity contribution in [2.75, 3.05) is 11.9 Å². The smallest absolute Gasteiger partial charge is 0.335 e. The summed E-state index contributed by atoms with van der Waals surface area (Å²) in [5.41, 5.74) is 3.49. The molecule has 0 radical (unpaired) electrons. The van der Waals surface area contributed by atoms with Crippen LogP contribution in [-0.4, -0.2) is 17.7 Å². The number of halogens is 3. The van der Waals surface area contributed by atoms with Gasteiger partial charge in [0.05, 0.1) is 12.2 Å². The number of nitrogens with one attached hydrogen (secondary N) is 1. The van der Waals surface area contributed by atoms with Gasteiger partial charge >= 0.3 is 5.97 Å². The topological polar surface area (TPSA) is 67.8 Å². The summed E-state index contributed by atoms with van der Waals surface area (Å²) in [5.74, 6) is 0.116. The van der Waals surface area contributed by atoms with Gasteiger partial charge in [0.15, 0.2) is 11.5 Å². The monoisotopic (exact) mass is 493 g/mol. The van der Waals surface area contributed by atoms with E-state index in [-0.39, 0.29) is 12.2 Å². The van der Waals surface area contributed by atoms with Crippen LogP contribution in [0, 0.1) is 6.92 Å². The minimum absolute atomic E-state index is 0.235. The van der Waals surface area contributed by atoms with Crippen molar-refractivity contribution >= 4 is 46.5 Å². The predicted octanol–water partition coefficient (Wildman–Crippen LogP) is 7.24. The van der Waals surface area contributed by atoms with E-state index in [0.717, 1.165) is 22.4 Å². The molecule has 0 atom stereocenters. The van der Waals surface area contributed by atoms with Crippen LogP contribution in [0.1, 0.15) is 34.0 Å². The Morgan fingerprint density at radius 1 is 0.938 bits per heavy atom. The highest BCUT2D eigenvalue weighted by Gasteiger charge is 2.13. The molecule has 0 saturated heterocycles. The maximum absolute atomic E-state index is 11.1. The zero-order valence-electron chi connectivity index (χ0n) is 17.5. The number of carboxylic acid groups (broad SMARTS) is 1. The Bertz CT molecular complexity index is 1130. The van der Waals surface area contributed by atoms with E-state index in [1.165, 1.54) is 0 Å². The second-order valence-corrected chi connectivity index (χ2v) is 8.29. The molecule has 3 aromatic carbocycles. The van der Waals surface area contributed by atoms with Crippen molar-refractivity contribution in [3.8, 4) is 11.5 Å². The second-order valence-electron chi connectivity index (χ2n) is 7.04. The molecule has 0 heterocycles. The van der Waals surface area contributed by atoms with Crippen LogP contribution in [0.2, 0.25) is 15.1 Å². The average molecular weight is 495 g/mol. The summed E-state index contributed by atoms with van der Waals surface area (Å²) in [6.45, 7) is 4.86. The molecule has 0 aliphatic carbocycles. The molecule has 0 unspecified atom stereocenters. The fraction of sp³-hybridized carbons (Fsp3) is 0.208. The summed E-state index contributed by atoms with van der Waals surface area (Å²) in [5, 5.41) is 14.0. The average Bonchev–Trinajstić information content (AvgIpc) is 2.74. The standard InChI is InChI=1S/C24H22Cl3NO4/c1-3-31-22-9-17(12-28-21-7-5-15(24(29)30)8-14(21)2)20(27)11-23(22)32-13-16-4-6-18(25)10-19(16)26/h4-11,28H,3,12-13H2,1-2H3,(H,29,30). The fourth-order valence-electron chi connectivity index (χ4n) is 3.07. The molecular weight excluding hydrogens is 473 g/mol. The molecule has 0 fully saturated rings. The second kappa shape index (κ2) is 10.8. The number of carboxylic acids is 1. The third-order valence-corrected chi connectivity index (χ3v) is 5.69. The molecule has 0 amide bonds. The number of rotatable bonds is 9. The molecule has 0 aromatic heterocycles. The van der Waals surface area contributed by atoms with Gasteiger partial charge in [0.25, 0.3) is 0 Å². The van der Waals surface area contributed by atoms with Crippen LogP contribution in [0.3, 0.4) is 0 Å². The zero-order valence-corrected chi connectivity index (χ0v) is 19.8. The molecule has 5 nitrogen and oxygen atoms in total. The van der Waals surface area contributed by atoms with Gasteiger partial charge in [-0.1, -0.05) is 40.9 Å². The van der Waals surface area contributed by atoms with E-state index in [4.69, 9.17) is 49.4 Å². The maximum Gasteiger partial charge on any atom is 0.335 e. The van der Waals surface area contributed by atoms with Crippen molar-refractivity contribution in [3.05, 3.63) is 85.9 Å². The van der Waals surface area contributed by atoms with Gasteiger partial charge in [-0.25, -0.2) is 4.79 Å². The first-order valence-electron chi connectivity index (χ1n) is 9.88. The molecule has 8 heteroatoms. The van der Waals surface area contributed by atoms with Crippen LogP contribution in [0.5, 0.6) is 11.5 Å². The number of ether oxygens (including phenoxy) is 2. The first kappa shape index (κ1) is 24.1. The van der Waals surface area contributed by atoms with Gasteiger partial charge in [-0.3, -0.25) is 0 Å². The molecule has 0 aliphatic heterocycles. The van der Waals surface area contributed by atoms with Crippen molar-refractivity contribution in [2.45, 2.75) is 27.0 Å². The van der Waals surface area contributed by atoms with Crippen LogP contribution >= 0.6 is 34.8 Å². The lowest BCUT2D eigenvalue weighted by Crippen LogP contribution is -2.05. The highest BCUT2D eigenvalue weighted by Crippen LogP contribution is 2.35. The van der Waals surface area contributed by atoms with Gasteiger partial charge in [-0.2, -0.15) is 0 Å². The minimum Gasteiger partial charge on any atom is -0.490 e. The van der Waals surface area contributed by atoms with Gasteiger partial charge in [0.2, 0.25) is 0 Å². The Morgan fingerprint density at radius 2 is 1.66 bits per heavy atom. The number of hydrogen-bond donors (Lipinski definition) is 2. The third kappa shape index (κ3) is 6.00. The number of carbonyl (C=O) groups is 1. The third-order valence-electron chi connectivity index (χ3n) is 4.75. The van der Waals surface area contributed by atoms with Crippen molar-refractivity contribution in [1.29, 1.82) is 0 Å². The van der Waals surface area contributed by atoms with Gasteiger partial charge in [0, 0.05) is 38.9 Å². The van der Waals surface area contributed by atoms with E-state index in [1.54, 1.807) is 36.4 Å². The Morgan fingerprint density at radius 3 is 2.31 bits per heavy atom. The highest BCUT2D eigenvalue weighted by molar-refractivity contribution is 6.35. The van der Waals surface area contributed by atoms with E-state index in [0.29, 0.717) is 39.7 Å². The van der Waals surface area contributed by atoms with Crippen molar-refractivity contribution in [2.24, 2.45) is 0 Å². The van der Waals surface area contributed by atoms with Gasteiger partial charge in [0.1, 0.15) is 6.61 Å². The molecule has 168 valence electrons. The Balaban J connectivity index is 1.76. The lowest BCUT2D eigenvalue weighted by molar-refractivity contribution is 0.0697. The molecular formula is C24H22Cl3NO4. The van der Waals surface area contributed by atoms with Crippen molar-refractivity contribution < 1.29 is 19.4 Å². The Labute approximate surface area is 201 Å². The summed E-state index contributed by atoms with van der Waals surface area (Å²) in [6, 6.07) is 13.7. The summed E-state index contributed by atoms with van der Waals surface area (Å²) in [7, 11) is 0. The largest absolute Gasteiger partial charge is 0.490 e. The molecule has 0 spiro atoms. The van der Waals surface area contributed by atoms with E-state index in [1.807, 2.05) is 26.0 Å². The highest BCUT2D eigenvalue weighted by atomic mass is 35.5. The summed E-state index contributed by atoms with van der Waals surface area (Å²) >= 11 is 18.7. The van der Waals surface area contributed by atoms with Crippen LogP contribution in [-0.2, 0) is 13.2 Å². The van der Waals surface area contributed by atoms with Crippen LogP contribution < -0.4 is 14.8 Å².